The quantitative estimate of drug-likeness (QED) is 0.0656. The molecular formula is C44H55IrN2O2Te-. The summed E-state index contributed by atoms with van der Waals surface area (Å²) in [6, 6.07) is 25.7. The zero-order valence-electron chi connectivity index (χ0n) is 31.6. The molecule has 0 spiro atoms. The summed E-state index contributed by atoms with van der Waals surface area (Å²) in [5.41, 5.74) is 7.52. The van der Waals surface area contributed by atoms with Gasteiger partial charge in [-0.15, -0.1) is 0 Å². The standard InChI is InChI=1S/C31H31N2Te.C13H24O2.Ir/c1-30(2,3)19-20-11-13-21(14-12-20)29-33-26-15-16-32-27(28(26)34-29)23-17-22-9-7-8-10-24(22)25(18-23)31(4,5)6;1-5-10(6-2)12(14)9-13(15)11(7-3)8-4;/h7-16,18H,19H2,1-6H3;9-11,14H,5-8H2,1-4H3;/q-1;;/b;12-9-;. The number of hydrogen-bond acceptors (Lipinski definition) is 4. The first-order valence-corrected chi connectivity index (χ1v) is 20.3. The molecule has 3 aromatic carbocycles. The summed E-state index contributed by atoms with van der Waals surface area (Å²) in [5, 5.41) is 12.2. The third-order valence-corrected chi connectivity index (χ3v) is 12.4. The fourth-order valence-electron chi connectivity index (χ4n) is 6.31. The number of carbonyl (C=O) groups is 1. The second kappa shape index (κ2) is 18.2. The number of nitrogens with zero attached hydrogens (tertiary/aromatic N) is 2. The molecule has 1 radical (unpaired) electrons. The number of aliphatic hydroxyl groups is 1. The molecule has 0 fully saturated rings. The molecule has 5 aromatic rings. The summed E-state index contributed by atoms with van der Waals surface area (Å²) >= 11 is -0.644. The average molecular weight is 964 g/mol. The van der Waals surface area contributed by atoms with E-state index in [9.17, 15) is 9.90 Å². The van der Waals surface area contributed by atoms with E-state index >= 15 is 0 Å². The molecule has 0 amide bonds. The van der Waals surface area contributed by atoms with Crippen LogP contribution in [0.25, 0.3) is 40.2 Å². The largest absolute Gasteiger partial charge is 0.512 e. The second-order valence-electron chi connectivity index (χ2n) is 15.4. The molecule has 0 atom stereocenters. The number of aromatic nitrogens is 2. The van der Waals surface area contributed by atoms with E-state index in [2.05, 4.69) is 108 Å². The molecular weight excluding hydrogens is 908 g/mol. The van der Waals surface area contributed by atoms with Crippen molar-refractivity contribution in [2.24, 2.45) is 17.3 Å². The number of carbonyl (C=O) groups excluding carboxylic acids is 1. The van der Waals surface area contributed by atoms with Crippen molar-refractivity contribution >= 4 is 45.9 Å². The summed E-state index contributed by atoms with van der Waals surface area (Å²) < 4.78 is 2.57. The monoisotopic (exact) mass is 966 g/mol. The topological polar surface area (TPSA) is 63.1 Å². The van der Waals surface area contributed by atoms with Gasteiger partial charge in [-0.25, -0.2) is 0 Å². The molecule has 2 heterocycles. The van der Waals surface area contributed by atoms with Crippen molar-refractivity contribution in [2.45, 2.75) is 107 Å². The van der Waals surface area contributed by atoms with E-state index in [1.807, 2.05) is 33.9 Å². The van der Waals surface area contributed by atoms with E-state index in [1.165, 1.54) is 35.3 Å². The van der Waals surface area contributed by atoms with Crippen molar-refractivity contribution in [2.75, 3.05) is 0 Å². The average Bonchev–Trinajstić information content (AvgIpc) is 3.49. The first-order chi connectivity index (χ1) is 23.2. The van der Waals surface area contributed by atoms with Gasteiger partial charge in [0, 0.05) is 38.0 Å². The maximum Gasteiger partial charge on any atom is 0.162 e. The van der Waals surface area contributed by atoms with E-state index in [4.69, 9.17) is 9.97 Å². The van der Waals surface area contributed by atoms with Crippen LogP contribution in [0.3, 0.4) is 0 Å². The van der Waals surface area contributed by atoms with Crippen LogP contribution in [0.5, 0.6) is 0 Å². The number of pyridine rings is 1. The van der Waals surface area contributed by atoms with Crippen LogP contribution in [0.15, 0.2) is 78.7 Å². The fourth-order valence-corrected chi connectivity index (χ4v) is 9.36. The fraction of sp³-hybridized carbons (Fsp3) is 0.432. The van der Waals surface area contributed by atoms with E-state index in [0.29, 0.717) is 5.41 Å². The molecule has 0 aliphatic carbocycles. The first-order valence-electron chi connectivity index (χ1n) is 17.9. The molecule has 0 saturated heterocycles. The van der Waals surface area contributed by atoms with Crippen LogP contribution < -0.4 is 0 Å². The minimum atomic E-state index is -0.644. The molecule has 0 bridgehead atoms. The molecule has 0 aliphatic heterocycles. The van der Waals surface area contributed by atoms with Crippen LogP contribution in [-0.4, -0.2) is 41.3 Å². The smallest absolute Gasteiger partial charge is 0.162 e. The van der Waals surface area contributed by atoms with Crippen LogP contribution in [-0.2, 0) is 36.7 Å². The summed E-state index contributed by atoms with van der Waals surface area (Å²) in [6.45, 7) is 21.8. The van der Waals surface area contributed by atoms with Crippen LogP contribution in [0.2, 0.25) is 0 Å². The molecule has 0 aliphatic rings. The van der Waals surface area contributed by atoms with Crippen LogP contribution >= 0.6 is 0 Å². The Hall–Kier alpha value is -2.61. The Morgan fingerprint density at radius 1 is 0.880 bits per heavy atom. The normalized spacial score (nSPS) is 12.3. The van der Waals surface area contributed by atoms with Crippen LogP contribution in [0.1, 0.15) is 106 Å². The minimum Gasteiger partial charge on any atom is -0.512 e. The minimum absolute atomic E-state index is 0. The Morgan fingerprint density at radius 2 is 1.50 bits per heavy atom. The Labute approximate surface area is 324 Å². The Balaban J connectivity index is 0.000000361. The second-order valence-corrected chi connectivity index (χ2v) is 18.2. The van der Waals surface area contributed by atoms with Crippen LogP contribution in [0, 0.1) is 23.3 Å². The summed E-state index contributed by atoms with van der Waals surface area (Å²) in [7, 11) is 0. The summed E-state index contributed by atoms with van der Waals surface area (Å²) in [5.74, 6) is 0.547. The maximum absolute atomic E-state index is 11.7. The van der Waals surface area contributed by atoms with E-state index in [-0.39, 0.29) is 48.9 Å². The third-order valence-electron chi connectivity index (χ3n) is 9.16. The molecule has 2 aromatic heterocycles. The van der Waals surface area contributed by atoms with Crippen molar-refractivity contribution in [1.82, 2.24) is 9.97 Å². The number of hydrogen-bond donors (Lipinski definition) is 1. The molecule has 6 heteroatoms. The zero-order valence-corrected chi connectivity index (χ0v) is 36.3. The van der Waals surface area contributed by atoms with Gasteiger partial charge in [0.25, 0.3) is 0 Å². The Bertz CT molecular complexity index is 1890. The molecule has 0 unspecified atom stereocenters. The molecule has 5 rings (SSSR count). The summed E-state index contributed by atoms with van der Waals surface area (Å²) in [4.78, 5) is 21.6. The van der Waals surface area contributed by atoms with Crippen molar-refractivity contribution in [3.63, 3.8) is 0 Å². The van der Waals surface area contributed by atoms with Gasteiger partial charge in [-0.1, -0.05) is 27.7 Å². The van der Waals surface area contributed by atoms with Crippen molar-refractivity contribution < 1.29 is 30.0 Å². The number of allylic oxidation sites excluding steroid dienone is 2. The van der Waals surface area contributed by atoms with Gasteiger partial charge in [0.2, 0.25) is 0 Å². The number of rotatable bonds is 10. The van der Waals surface area contributed by atoms with Crippen molar-refractivity contribution in [3.8, 4) is 20.5 Å². The van der Waals surface area contributed by atoms with Gasteiger partial charge < -0.3 is 5.11 Å². The SMILES string of the molecule is CC(C)(C)Cc1ccc(-c2nc3ccnc(-c4[c-]c5ccccc5c(C(C)(C)C)c4)c3[te]2)cc1.CCC(CC)C(=O)/C=C(\O)C(CC)CC.[Ir]. The molecule has 4 nitrogen and oxygen atoms in total. The van der Waals surface area contributed by atoms with Crippen molar-refractivity contribution in [3.05, 3.63) is 95.9 Å². The number of benzene rings is 3. The Morgan fingerprint density at radius 3 is 2.08 bits per heavy atom. The van der Waals surface area contributed by atoms with Gasteiger partial charge in [-0.3, -0.25) is 4.79 Å². The van der Waals surface area contributed by atoms with Gasteiger partial charge in [0.15, 0.2) is 5.78 Å². The van der Waals surface area contributed by atoms with Gasteiger partial charge in [-0.05, 0) is 25.7 Å². The Kier molecular flexibility index (Phi) is 15.2. The van der Waals surface area contributed by atoms with Gasteiger partial charge >= 0.3 is 213 Å². The third kappa shape index (κ3) is 10.7. The molecule has 1 N–H and O–H groups in total. The van der Waals surface area contributed by atoms with E-state index in [1.54, 1.807) is 0 Å². The number of aliphatic hydroxyl groups excluding tert-OH is 1. The van der Waals surface area contributed by atoms with E-state index < -0.39 is 20.4 Å². The van der Waals surface area contributed by atoms with Gasteiger partial charge in [0.05, 0.1) is 5.76 Å². The summed E-state index contributed by atoms with van der Waals surface area (Å²) in [6.07, 6.45) is 7.89. The predicted octanol–water partition coefficient (Wildman–Crippen LogP) is 11.7. The molecule has 0 saturated carbocycles. The molecule has 269 valence electrons. The first kappa shape index (κ1) is 41.8. The van der Waals surface area contributed by atoms with Crippen LogP contribution in [0.4, 0.5) is 0 Å². The zero-order chi connectivity index (χ0) is 35.9. The van der Waals surface area contributed by atoms with Gasteiger partial charge in [-0.2, -0.15) is 0 Å². The number of ketones is 1. The maximum atomic E-state index is 11.7. The number of fused-ring (bicyclic) bond motifs is 2. The van der Waals surface area contributed by atoms with Gasteiger partial charge in [0.1, 0.15) is 0 Å². The van der Waals surface area contributed by atoms with E-state index in [0.717, 1.165) is 54.3 Å². The van der Waals surface area contributed by atoms with Crippen molar-refractivity contribution in [1.29, 1.82) is 0 Å². The predicted molar refractivity (Wildman–Crippen MR) is 209 cm³/mol. The molecule has 50 heavy (non-hydrogen) atoms.